The zero-order valence-corrected chi connectivity index (χ0v) is 16.0. The number of aliphatic hydroxyl groups excluding tert-OH is 1. The van der Waals surface area contributed by atoms with Crippen LogP contribution < -0.4 is 0 Å². The van der Waals surface area contributed by atoms with Crippen molar-refractivity contribution in [3.05, 3.63) is 76.5 Å². The number of imide groups is 1. The maximum Gasteiger partial charge on any atom is 0.261 e. The second-order valence-electron chi connectivity index (χ2n) is 6.88. The Kier molecular flexibility index (Phi) is 6.02. The summed E-state index contributed by atoms with van der Waals surface area (Å²) in [4.78, 5) is 31.4. The predicted molar refractivity (Wildman–Crippen MR) is 101 cm³/mol. The molecular weight excluding hydrogens is 376 g/mol. The van der Waals surface area contributed by atoms with Crippen LogP contribution in [0.3, 0.4) is 0 Å². The van der Waals surface area contributed by atoms with Crippen LogP contribution in [0.2, 0.25) is 0 Å². The maximum atomic E-state index is 12.4. The van der Waals surface area contributed by atoms with E-state index in [1.807, 2.05) is 30.3 Å². The molecule has 3 rings (SSSR count). The minimum Gasteiger partial charge on any atom is -0.543 e. The number of fused-ring (bicyclic) bond motifs is 1. The standard InChI is InChI=1S/C20H23N4O5/c1-24(23(21)28,16(14-25)13-15-7-3-2-4-8-15)29-12-11-22-19(26)17-9-5-6-10-18(17)20(22)27/h2-10,16,21,25H,11-14H2,1H3/q+1/t16-,24?/m0/s1. The lowest BCUT2D eigenvalue weighted by atomic mass is 10.1. The summed E-state index contributed by atoms with van der Waals surface area (Å²) >= 11 is 0. The maximum absolute atomic E-state index is 12.4. The van der Waals surface area contributed by atoms with Gasteiger partial charge >= 0.3 is 0 Å². The van der Waals surface area contributed by atoms with E-state index in [4.69, 9.17) is 10.4 Å². The molecule has 9 heteroatoms. The molecule has 0 aliphatic carbocycles. The van der Waals surface area contributed by atoms with Gasteiger partial charge in [-0.2, -0.15) is 0 Å². The number of amides is 2. The van der Waals surface area contributed by atoms with Crippen molar-refractivity contribution in [2.75, 3.05) is 26.8 Å². The van der Waals surface area contributed by atoms with Gasteiger partial charge in [0.25, 0.3) is 11.8 Å². The number of nitrogens with one attached hydrogen (secondary N) is 1. The number of quaternary nitrogens is 1. The summed E-state index contributed by atoms with van der Waals surface area (Å²) in [6, 6.07) is 15.0. The molecule has 152 valence electrons. The van der Waals surface area contributed by atoms with Crippen molar-refractivity contribution in [1.29, 1.82) is 5.53 Å². The third-order valence-electron chi connectivity index (χ3n) is 5.11. The minimum absolute atomic E-state index is 0.0719. The van der Waals surface area contributed by atoms with E-state index in [2.05, 4.69) is 0 Å². The van der Waals surface area contributed by atoms with Crippen LogP contribution >= 0.6 is 0 Å². The van der Waals surface area contributed by atoms with Crippen molar-refractivity contribution >= 4 is 11.8 Å². The van der Waals surface area contributed by atoms with Crippen LogP contribution in [0.1, 0.15) is 26.3 Å². The van der Waals surface area contributed by atoms with Gasteiger partial charge in [-0.15, -0.1) is 4.84 Å². The van der Waals surface area contributed by atoms with Gasteiger partial charge in [-0.25, -0.2) is 0 Å². The summed E-state index contributed by atoms with van der Waals surface area (Å²) < 4.78 is -0.867. The van der Waals surface area contributed by atoms with Crippen LogP contribution in [0.4, 0.5) is 0 Å². The van der Waals surface area contributed by atoms with Crippen molar-refractivity contribution in [3.8, 4) is 0 Å². The molecule has 0 radical (unpaired) electrons. The molecule has 2 atom stereocenters. The summed E-state index contributed by atoms with van der Waals surface area (Å²) in [5, 5.41) is 21.8. The molecule has 2 amide bonds. The average molecular weight is 399 g/mol. The summed E-state index contributed by atoms with van der Waals surface area (Å²) in [5.74, 6) is -0.840. The largest absolute Gasteiger partial charge is 0.543 e. The van der Waals surface area contributed by atoms with Gasteiger partial charge in [0.2, 0.25) is 6.04 Å². The Labute approximate surface area is 167 Å². The van der Waals surface area contributed by atoms with E-state index in [9.17, 15) is 19.9 Å². The first-order chi connectivity index (χ1) is 13.9. The topological polar surface area (TPSA) is 117 Å². The Morgan fingerprint density at radius 2 is 1.66 bits per heavy atom. The van der Waals surface area contributed by atoms with Crippen LogP contribution in [0, 0.1) is 10.7 Å². The highest BCUT2D eigenvalue weighted by Gasteiger charge is 2.45. The first-order valence-corrected chi connectivity index (χ1v) is 9.18. The number of likely N-dealkylation sites (N-methyl/N-ethyl adjacent to an activating group) is 1. The van der Waals surface area contributed by atoms with Crippen molar-refractivity contribution < 1.29 is 29.3 Å². The molecule has 0 saturated carbocycles. The molecule has 9 nitrogen and oxygen atoms in total. The van der Waals surface area contributed by atoms with Gasteiger partial charge in [0, 0.05) is 12.0 Å². The highest BCUT2D eigenvalue weighted by Crippen LogP contribution is 2.23. The molecule has 2 aromatic rings. The van der Waals surface area contributed by atoms with E-state index in [1.165, 1.54) is 7.05 Å². The van der Waals surface area contributed by atoms with Crippen LogP contribution in [-0.2, 0) is 11.3 Å². The van der Waals surface area contributed by atoms with Crippen molar-refractivity contribution in [2.45, 2.75) is 12.5 Å². The molecule has 0 aromatic heterocycles. The molecular formula is C20H23N4O5+. The lowest BCUT2D eigenvalue weighted by Crippen LogP contribution is -2.59. The zero-order chi connectivity index (χ0) is 21.0. The second kappa shape index (κ2) is 8.48. The lowest BCUT2D eigenvalue weighted by Gasteiger charge is -2.30. The highest BCUT2D eigenvalue weighted by atomic mass is 16.8. The monoisotopic (exact) mass is 399 g/mol. The Bertz CT molecular complexity index is 885. The van der Waals surface area contributed by atoms with E-state index in [0.717, 1.165) is 10.5 Å². The first-order valence-electron chi connectivity index (χ1n) is 9.18. The smallest absolute Gasteiger partial charge is 0.261 e. The molecule has 1 unspecified atom stereocenters. The Balaban J connectivity index is 1.68. The number of nitrogens with zero attached hydrogens (tertiary/aromatic N) is 3. The van der Waals surface area contributed by atoms with E-state index < -0.39 is 29.2 Å². The number of benzene rings is 2. The molecule has 1 heterocycles. The molecule has 0 spiro atoms. The fourth-order valence-electron chi connectivity index (χ4n) is 3.34. The minimum atomic E-state index is -0.867. The van der Waals surface area contributed by atoms with E-state index in [1.54, 1.807) is 24.3 Å². The van der Waals surface area contributed by atoms with Crippen molar-refractivity contribution in [1.82, 2.24) is 4.90 Å². The van der Waals surface area contributed by atoms with Crippen LogP contribution in [0.25, 0.3) is 0 Å². The van der Waals surface area contributed by atoms with Crippen LogP contribution in [0.5, 0.6) is 0 Å². The summed E-state index contributed by atoms with van der Waals surface area (Å²) in [6.45, 7) is -0.627. The van der Waals surface area contributed by atoms with Crippen molar-refractivity contribution in [2.24, 2.45) is 0 Å². The van der Waals surface area contributed by atoms with E-state index in [0.29, 0.717) is 17.5 Å². The van der Waals surface area contributed by atoms with Gasteiger partial charge < -0.3 is 10.3 Å². The molecule has 1 aliphatic heterocycles. The Hall–Kier alpha value is -3.14. The Morgan fingerprint density at radius 1 is 1.10 bits per heavy atom. The quantitative estimate of drug-likeness (QED) is 0.219. The van der Waals surface area contributed by atoms with Gasteiger partial charge in [0.05, 0.1) is 22.4 Å². The predicted octanol–water partition coefficient (Wildman–Crippen LogP) is 1.72. The lowest BCUT2D eigenvalue weighted by molar-refractivity contribution is -1.44. The summed E-state index contributed by atoms with van der Waals surface area (Å²) in [7, 11) is 1.37. The Morgan fingerprint density at radius 3 is 2.17 bits per heavy atom. The summed E-state index contributed by atoms with van der Waals surface area (Å²) in [6.07, 6.45) is 0.304. The number of hydroxylamine groups is 2. The number of aliphatic hydroxyl groups is 1. The number of carbonyl (C=O) groups is 2. The SMILES string of the molecule is C[N+](OCCN1C(=O)c2ccccc2C1=O)([C@H](CO)Cc1ccccc1)[N+](=N)[O-]. The van der Waals surface area contributed by atoms with Gasteiger partial charge in [-0.05, 0) is 17.7 Å². The highest BCUT2D eigenvalue weighted by molar-refractivity contribution is 6.21. The molecule has 2 N–H and O–H groups in total. The fraction of sp³-hybridized carbons (Fsp3) is 0.300. The van der Waals surface area contributed by atoms with Crippen LogP contribution in [0.15, 0.2) is 54.6 Å². The second-order valence-corrected chi connectivity index (χ2v) is 6.88. The van der Waals surface area contributed by atoms with E-state index in [-0.39, 0.29) is 18.1 Å². The molecule has 0 bridgehead atoms. The molecule has 1 aliphatic rings. The molecule has 0 saturated heterocycles. The third kappa shape index (κ3) is 4.02. The summed E-state index contributed by atoms with van der Waals surface area (Å²) in [5.41, 5.74) is 9.11. The molecule has 0 fully saturated rings. The molecule has 29 heavy (non-hydrogen) atoms. The number of hydrogen-bond donors (Lipinski definition) is 2. The fourth-order valence-corrected chi connectivity index (χ4v) is 3.34. The first kappa shape index (κ1) is 20.6. The van der Waals surface area contributed by atoms with Gasteiger partial charge in [-0.3, -0.25) is 14.5 Å². The third-order valence-corrected chi connectivity index (χ3v) is 5.11. The molecule has 2 aromatic carbocycles. The van der Waals surface area contributed by atoms with Gasteiger partial charge in [0.1, 0.15) is 18.2 Å². The average Bonchev–Trinajstić information content (AvgIpc) is 2.97. The van der Waals surface area contributed by atoms with Gasteiger partial charge in [0.15, 0.2) is 7.05 Å². The van der Waals surface area contributed by atoms with E-state index >= 15 is 0 Å². The number of carbonyl (C=O) groups excluding carboxylic acids is 2. The van der Waals surface area contributed by atoms with Gasteiger partial charge in [-0.1, -0.05) is 42.5 Å². The normalized spacial score (nSPS) is 16.4. The van der Waals surface area contributed by atoms with Crippen LogP contribution in [-0.4, -0.2) is 64.4 Å². The number of hydrogen-bond acceptors (Lipinski definition) is 6. The number of rotatable bonds is 9. The zero-order valence-electron chi connectivity index (χ0n) is 16.0. The van der Waals surface area contributed by atoms with Crippen molar-refractivity contribution in [3.63, 3.8) is 0 Å².